The summed E-state index contributed by atoms with van der Waals surface area (Å²) in [5.41, 5.74) is 3.41. The van der Waals surface area contributed by atoms with Crippen molar-refractivity contribution in [2.75, 3.05) is 5.73 Å². The van der Waals surface area contributed by atoms with Crippen LogP contribution in [0, 0.1) is 0 Å². The maximum absolute atomic E-state index is 11.3. The van der Waals surface area contributed by atoms with Crippen LogP contribution in [0.1, 0.15) is 0 Å². The number of pyridine rings is 1. The molecule has 2 rings (SSSR count). The van der Waals surface area contributed by atoms with Crippen LogP contribution in [0.3, 0.4) is 0 Å². The molecular weight excluding hydrogens is 188 g/mol. The molecule has 7 heteroatoms. The number of aromatic amines is 3. The Morgan fingerprint density at radius 3 is 2.50 bits per heavy atom. The fourth-order valence-electron chi connectivity index (χ4n) is 1.21. The van der Waals surface area contributed by atoms with E-state index in [9.17, 15) is 14.4 Å². The smallest absolute Gasteiger partial charge is 0.327 e. The monoisotopic (exact) mass is 194 g/mol. The molecule has 0 bridgehead atoms. The van der Waals surface area contributed by atoms with Crippen LogP contribution in [0.15, 0.2) is 20.4 Å². The molecule has 0 atom stereocenters. The van der Waals surface area contributed by atoms with E-state index in [0.29, 0.717) is 0 Å². The molecule has 0 spiro atoms. The van der Waals surface area contributed by atoms with Gasteiger partial charge in [-0.05, 0) is 0 Å². The van der Waals surface area contributed by atoms with E-state index in [1.165, 1.54) is 0 Å². The Morgan fingerprint density at radius 2 is 1.79 bits per heavy atom. The van der Waals surface area contributed by atoms with Crippen molar-refractivity contribution in [3.05, 3.63) is 37.1 Å². The lowest BCUT2D eigenvalue weighted by Crippen LogP contribution is -2.26. The van der Waals surface area contributed by atoms with Crippen molar-refractivity contribution >= 4 is 16.9 Å². The summed E-state index contributed by atoms with van der Waals surface area (Å²) in [6.07, 6.45) is 0. The first-order valence-corrected chi connectivity index (χ1v) is 3.73. The molecule has 0 aliphatic heterocycles. The molecule has 0 radical (unpaired) electrons. The van der Waals surface area contributed by atoms with E-state index < -0.39 is 16.7 Å². The maximum Gasteiger partial charge on any atom is 0.327 e. The van der Waals surface area contributed by atoms with Crippen molar-refractivity contribution in [1.29, 1.82) is 0 Å². The summed E-state index contributed by atoms with van der Waals surface area (Å²) in [4.78, 5) is 40.1. The van der Waals surface area contributed by atoms with Gasteiger partial charge in [-0.15, -0.1) is 0 Å². The van der Waals surface area contributed by atoms with Gasteiger partial charge in [-0.2, -0.15) is 0 Å². The van der Waals surface area contributed by atoms with Crippen molar-refractivity contribution in [3.63, 3.8) is 0 Å². The summed E-state index contributed by atoms with van der Waals surface area (Å²) in [7, 11) is 0. The van der Waals surface area contributed by atoms with Crippen molar-refractivity contribution in [2.45, 2.75) is 0 Å². The zero-order chi connectivity index (χ0) is 10.3. The number of fused-ring (bicyclic) bond motifs is 1. The molecule has 0 amide bonds. The third kappa shape index (κ3) is 1.11. The van der Waals surface area contributed by atoms with Gasteiger partial charge in [0.25, 0.3) is 5.56 Å². The highest BCUT2D eigenvalue weighted by Gasteiger charge is 2.05. The predicted molar refractivity (Wildman–Crippen MR) is 50.2 cm³/mol. The zero-order valence-electron chi connectivity index (χ0n) is 6.88. The number of H-pyrrole nitrogens is 3. The van der Waals surface area contributed by atoms with Crippen LogP contribution < -0.4 is 22.4 Å². The third-order valence-electron chi connectivity index (χ3n) is 1.74. The second-order valence-electron chi connectivity index (χ2n) is 2.75. The van der Waals surface area contributed by atoms with Crippen molar-refractivity contribution in [2.24, 2.45) is 0 Å². The van der Waals surface area contributed by atoms with Crippen LogP contribution in [-0.2, 0) is 0 Å². The number of rotatable bonds is 0. The fourth-order valence-corrected chi connectivity index (χ4v) is 1.21. The van der Waals surface area contributed by atoms with Gasteiger partial charge in [-0.1, -0.05) is 0 Å². The molecule has 0 saturated heterocycles. The summed E-state index contributed by atoms with van der Waals surface area (Å²) < 4.78 is 0. The van der Waals surface area contributed by atoms with Gasteiger partial charge in [0.2, 0.25) is 0 Å². The van der Waals surface area contributed by atoms with E-state index in [-0.39, 0.29) is 16.9 Å². The van der Waals surface area contributed by atoms with Crippen molar-refractivity contribution in [1.82, 2.24) is 15.0 Å². The Kier molecular flexibility index (Phi) is 1.53. The first-order chi connectivity index (χ1) is 6.58. The number of hydrogen-bond acceptors (Lipinski definition) is 4. The predicted octanol–water partition coefficient (Wildman–Crippen LogP) is -1.51. The zero-order valence-corrected chi connectivity index (χ0v) is 6.88. The Morgan fingerprint density at radius 1 is 1.07 bits per heavy atom. The standard InChI is InChI=1S/C7H6N4O3/c8-3-1-2(12)4-5(9-3)10-7(14)11-6(4)13/h1H,(H5,8,9,10,11,12,13,14). The highest BCUT2D eigenvalue weighted by molar-refractivity contribution is 5.74. The first kappa shape index (κ1) is 8.30. The Labute approximate surface area is 75.6 Å². The van der Waals surface area contributed by atoms with Gasteiger partial charge in [0.1, 0.15) is 16.9 Å². The molecule has 0 aliphatic carbocycles. The summed E-state index contributed by atoms with van der Waals surface area (Å²) in [6, 6.07) is 1.08. The molecule has 2 aromatic heterocycles. The molecule has 0 aliphatic rings. The Bertz CT molecular complexity index is 663. The largest absolute Gasteiger partial charge is 0.385 e. The lowest BCUT2D eigenvalue weighted by Gasteiger charge is -1.97. The average molecular weight is 194 g/mol. The van der Waals surface area contributed by atoms with Crippen LogP contribution >= 0.6 is 0 Å². The average Bonchev–Trinajstić information content (AvgIpc) is 1.99. The number of nitrogen functional groups attached to an aromatic ring is 1. The molecule has 14 heavy (non-hydrogen) atoms. The molecule has 0 aromatic carbocycles. The summed E-state index contributed by atoms with van der Waals surface area (Å²) in [5.74, 6) is 0.0868. The molecule has 2 aromatic rings. The van der Waals surface area contributed by atoms with E-state index in [4.69, 9.17) is 5.73 Å². The SMILES string of the molecule is Nc1cc(=O)c2c(=O)[nH]c(=O)[nH]c2[nH]1. The molecule has 7 nitrogen and oxygen atoms in total. The van der Waals surface area contributed by atoms with Crippen molar-refractivity contribution in [3.8, 4) is 0 Å². The highest BCUT2D eigenvalue weighted by Crippen LogP contribution is 1.97. The van der Waals surface area contributed by atoms with Crippen LogP contribution in [0.4, 0.5) is 5.82 Å². The number of nitrogens with two attached hydrogens (primary N) is 1. The fraction of sp³-hybridized carbons (Fsp3) is 0. The summed E-state index contributed by atoms with van der Waals surface area (Å²) in [6.45, 7) is 0. The normalized spacial score (nSPS) is 10.6. The van der Waals surface area contributed by atoms with Crippen LogP contribution in [-0.4, -0.2) is 15.0 Å². The minimum Gasteiger partial charge on any atom is -0.385 e. The molecule has 72 valence electrons. The van der Waals surface area contributed by atoms with Crippen LogP contribution in [0.5, 0.6) is 0 Å². The molecule has 0 unspecified atom stereocenters. The van der Waals surface area contributed by atoms with Gasteiger partial charge >= 0.3 is 5.69 Å². The summed E-state index contributed by atoms with van der Waals surface area (Å²) >= 11 is 0. The topological polar surface area (TPSA) is 125 Å². The van der Waals surface area contributed by atoms with E-state index in [2.05, 4.69) is 9.97 Å². The van der Waals surface area contributed by atoms with Gasteiger partial charge < -0.3 is 10.7 Å². The van der Waals surface area contributed by atoms with Crippen LogP contribution in [0.25, 0.3) is 11.0 Å². The summed E-state index contributed by atoms with van der Waals surface area (Å²) in [5, 5.41) is -0.140. The molecule has 0 fully saturated rings. The van der Waals surface area contributed by atoms with Gasteiger partial charge in [0.05, 0.1) is 0 Å². The van der Waals surface area contributed by atoms with Crippen LogP contribution in [0.2, 0.25) is 0 Å². The number of anilines is 1. The molecular formula is C7H6N4O3. The molecule has 5 N–H and O–H groups in total. The first-order valence-electron chi connectivity index (χ1n) is 3.73. The number of nitrogens with one attached hydrogen (secondary N) is 3. The lowest BCUT2D eigenvalue weighted by molar-refractivity contribution is 1.06. The van der Waals surface area contributed by atoms with E-state index >= 15 is 0 Å². The molecule has 0 saturated carbocycles. The Balaban J connectivity index is 3.18. The third-order valence-corrected chi connectivity index (χ3v) is 1.74. The van der Waals surface area contributed by atoms with E-state index in [1.54, 1.807) is 0 Å². The number of aromatic nitrogens is 3. The van der Waals surface area contributed by atoms with Crippen molar-refractivity contribution < 1.29 is 0 Å². The highest BCUT2D eigenvalue weighted by atomic mass is 16.2. The van der Waals surface area contributed by atoms with Gasteiger partial charge in [-0.25, -0.2) is 4.79 Å². The Hall–Kier alpha value is -2.31. The minimum atomic E-state index is -0.731. The van der Waals surface area contributed by atoms with Gasteiger partial charge in [-0.3, -0.25) is 19.6 Å². The maximum atomic E-state index is 11.3. The minimum absolute atomic E-state index is 0.0313. The second-order valence-corrected chi connectivity index (χ2v) is 2.75. The van der Waals surface area contributed by atoms with Gasteiger partial charge in [0.15, 0.2) is 5.43 Å². The van der Waals surface area contributed by atoms with E-state index in [1.807, 2.05) is 4.98 Å². The van der Waals surface area contributed by atoms with Gasteiger partial charge in [0, 0.05) is 6.07 Å². The molecule has 2 heterocycles. The van der Waals surface area contributed by atoms with E-state index in [0.717, 1.165) is 6.07 Å². The lowest BCUT2D eigenvalue weighted by atomic mass is 10.3. The second kappa shape index (κ2) is 2.59. The quantitative estimate of drug-likeness (QED) is 0.406. The number of hydrogen-bond donors (Lipinski definition) is 4.